The van der Waals surface area contributed by atoms with E-state index >= 15 is 0 Å². The van der Waals surface area contributed by atoms with Crippen LogP contribution in [0.25, 0.3) is 34.3 Å². The van der Waals surface area contributed by atoms with Crippen LogP contribution in [0, 0.1) is 5.82 Å². The molecule has 1 aromatic heterocycles. The fourth-order valence-corrected chi connectivity index (χ4v) is 4.02. The zero-order chi connectivity index (χ0) is 20.4. The van der Waals surface area contributed by atoms with Gasteiger partial charge < -0.3 is 4.98 Å². The molecular weight excluding hydrogens is 389 g/mol. The number of halogens is 1. The van der Waals surface area contributed by atoms with Crippen molar-refractivity contribution in [1.29, 1.82) is 0 Å². The molecule has 0 saturated heterocycles. The molecule has 0 bridgehead atoms. The highest BCUT2D eigenvalue weighted by Gasteiger charge is 2.17. The second kappa shape index (κ2) is 7.62. The van der Waals surface area contributed by atoms with Gasteiger partial charge in [-0.05, 0) is 54.6 Å². The Bertz CT molecular complexity index is 1310. The minimum absolute atomic E-state index is 0.216. The number of aromatic nitrogens is 2. The molecule has 29 heavy (non-hydrogen) atoms. The smallest absolute Gasteiger partial charge is 0.240 e. The van der Waals surface area contributed by atoms with E-state index in [-0.39, 0.29) is 10.7 Å². The Balaban J connectivity index is 1.71. The molecule has 5 nitrogen and oxygen atoms in total. The molecule has 0 aliphatic heterocycles. The first-order valence-corrected chi connectivity index (χ1v) is 10.4. The SMILES string of the molecule is CNS(=O)(=O)c1ccccc1-c1ccc2[nH]c(/C=C/c3ccc(F)cc3)nc2c1. The van der Waals surface area contributed by atoms with E-state index in [1.807, 2.05) is 30.4 Å². The largest absolute Gasteiger partial charge is 0.338 e. The highest BCUT2D eigenvalue weighted by atomic mass is 32.2. The molecule has 0 aliphatic rings. The molecule has 0 amide bonds. The van der Waals surface area contributed by atoms with Gasteiger partial charge in [0.2, 0.25) is 10.0 Å². The highest BCUT2D eigenvalue weighted by Crippen LogP contribution is 2.29. The van der Waals surface area contributed by atoms with Crippen molar-refractivity contribution in [2.75, 3.05) is 7.05 Å². The number of nitrogens with zero attached hydrogens (tertiary/aromatic N) is 1. The first-order valence-electron chi connectivity index (χ1n) is 8.93. The summed E-state index contributed by atoms with van der Waals surface area (Å²) in [4.78, 5) is 7.99. The van der Waals surface area contributed by atoms with Crippen molar-refractivity contribution in [2.45, 2.75) is 4.90 Å². The number of hydrogen-bond donors (Lipinski definition) is 2. The Kier molecular flexibility index (Phi) is 5.00. The van der Waals surface area contributed by atoms with Crippen LogP contribution in [0.3, 0.4) is 0 Å². The van der Waals surface area contributed by atoms with Crippen molar-refractivity contribution in [3.05, 3.63) is 83.9 Å². The second-order valence-corrected chi connectivity index (χ2v) is 8.30. The van der Waals surface area contributed by atoms with Gasteiger partial charge in [0.05, 0.1) is 15.9 Å². The zero-order valence-corrected chi connectivity index (χ0v) is 16.4. The molecule has 0 saturated carbocycles. The second-order valence-electron chi connectivity index (χ2n) is 6.44. The third-order valence-electron chi connectivity index (χ3n) is 4.56. The summed E-state index contributed by atoms with van der Waals surface area (Å²) in [5.74, 6) is 0.372. The minimum Gasteiger partial charge on any atom is -0.338 e. The van der Waals surface area contributed by atoms with Gasteiger partial charge >= 0.3 is 0 Å². The first kappa shape index (κ1) is 19.0. The average Bonchev–Trinajstić information content (AvgIpc) is 3.15. The van der Waals surface area contributed by atoms with Crippen LogP contribution in [0.4, 0.5) is 4.39 Å². The standard InChI is InChI=1S/C22H18FN3O2S/c1-24-29(27,28)21-5-3-2-4-18(21)16-9-12-19-20(14-16)26-22(25-19)13-8-15-6-10-17(23)11-7-15/h2-14,24H,1H3,(H,25,26)/b13-8+. The minimum atomic E-state index is -3.58. The zero-order valence-electron chi connectivity index (χ0n) is 15.6. The van der Waals surface area contributed by atoms with Crippen LogP contribution >= 0.6 is 0 Å². The van der Waals surface area contributed by atoms with Gasteiger partial charge in [-0.2, -0.15) is 0 Å². The number of hydrogen-bond acceptors (Lipinski definition) is 3. The maximum atomic E-state index is 13.0. The number of fused-ring (bicyclic) bond motifs is 1. The summed E-state index contributed by atoms with van der Waals surface area (Å²) in [6, 6.07) is 18.6. The van der Waals surface area contributed by atoms with Crippen LogP contribution < -0.4 is 4.72 Å². The Morgan fingerprint density at radius 1 is 1.00 bits per heavy atom. The fourth-order valence-electron chi connectivity index (χ4n) is 3.07. The topological polar surface area (TPSA) is 74.8 Å². The summed E-state index contributed by atoms with van der Waals surface area (Å²) in [6.45, 7) is 0. The van der Waals surface area contributed by atoms with Crippen LogP contribution in [0.2, 0.25) is 0 Å². The van der Waals surface area contributed by atoms with Crippen molar-refractivity contribution >= 4 is 33.2 Å². The summed E-state index contributed by atoms with van der Waals surface area (Å²) in [5, 5.41) is 0. The van der Waals surface area contributed by atoms with Crippen LogP contribution in [0.5, 0.6) is 0 Å². The average molecular weight is 407 g/mol. The molecule has 3 aromatic carbocycles. The van der Waals surface area contributed by atoms with Gasteiger partial charge in [0.25, 0.3) is 0 Å². The molecule has 0 aliphatic carbocycles. The fraction of sp³-hybridized carbons (Fsp3) is 0.0455. The molecule has 146 valence electrons. The van der Waals surface area contributed by atoms with E-state index < -0.39 is 10.0 Å². The van der Waals surface area contributed by atoms with Gasteiger partial charge in [0.15, 0.2) is 0 Å². The van der Waals surface area contributed by atoms with Gasteiger partial charge in [-0.1, -0.05) is 42.5 Å². The lowest BCUT2D eigenvalue weighted by Gasteiger charge is -2.09. The molecule has 0 fully saturated rings. The molecule has 0 radical (unpaired) electrons. The number of imidazole rings is 1. The Hall–Kier alpha value is -3.29. The third kappa shape index (κ3) is 3.96. The number of benzene rings is 3. The summed E-state index contributed by atoms with van der Waals surface area (Å²) < 4.78 is 40.0. The van der Waals surface area contributed by atoms with E-state index in [1.165, 1.54) is 19.2 Å². The molecule has 0 atom stereocenters. The molecule has 0 unspecified atom stereocenters. The number of sulfonamides is 1. The van der Waals surface area contributed by atoms with Gasteiger partial charge in [-0.3, -0.25) is 0 Å². The van der Waals surface area contributed by atoms with Crippen molar-refractivity contribution in [3.8, 4) is 11.1 Å². The van der Waals surface area contributed by atoms with E-state index in [4.69, 9.17) is 0 Å². The van der Waals surface area contributed by atoms with Crippen LogP contribution in [0.1, 0.15) is 11.4 Å². The van der Waals surface area contributed by atoms with E-state index in [9.17, 15) is 12.8 Å². The number of rotatable bonds is 5. The number of H-pyrrole nitrogens is 1. The molecule has 1 heterocycles. The van der Waals surface area contributed by atoms with E-state index in [2.05, 4.69) is 14.7 Å². The number of aromatic amines is 1. The summed E-state index contributed by atoms with van der Waals surface area (Å²) in [6.07, 6.45) is 3.65. The molecule has 0 spiro atoms. The monoisotopic (exact) mass is 407 g/mol. The Labute approximate surface area is 168 Å². The summed E-state index contributed by atoms with van der Waals surface area (Å²) in [5.41, 5.74) is 3.78. The van der Waals surface area contributed by atoms with Gasteiger partial charge in [0, 0.05) is 5.56 Å². The summed E-state index contributed by atoms with van der Waals surface area (Å²) in [7, 11) is -2.19. The predicted octanol–water partition coefficient (Wildman–Crippen LogP) is 4.45. The third-order valence-corrected chi connectivity index (χ3v) is 6.03. The molecular formula is C22H18FN3O2S. The summed E-state index contributed by atoms with van der Waals surface area (Å²) >= 11 is 0. The van der Waals surface area contributed by atoms with E-state index in [0.717, 1.165) is 22.2 Å². The van der Waals surface area contributed by atoms with Crippen molar-refractivity contribution in [1.82, 2.24) is 14.7 Å². The lowest BCUT2D eigenvalue weighted by atomic mass is 10.1. The van der Waals surface area contributed by atoms with Crippen molar-refractivity contribution in [3.63, 3.8) is 0 Å². The molecule has 7 heteroatoms. The molecule has 4 aromatic rings. The number of nitrogens with one attached hydrogen (secondary N) is 2. The van der Waals surface area contributed by atoms with Crippen LogP contribution in [-0.4, -0.2) is 25.4 Å². The predicted molar refractivity (Wildman–Crippen MR) is 113 cm³/mol. The Morgan fingerprint density at radius 2 is 1.76 bits per heavy atom. The van der Waals surface area contributed by atoms with Crippen molar-refractivity contribution in [2.24, 2.45) is 0 Å². The van der Waals surface area contributed by atoms with Gasteiger partial charge in [-0.25, -0.2) is 22.5 Å². The highest BCUT2D eigenvalue weighted by molar-refractivity contribution is 7.89. The quantitative estimate of drug-likeness (QED) is 0.513. The van der Waals surface area contributed by atoms with E-state index in [0.29, 0.717) is 11.4 Å². The van der Waals surface area contributed by atoms with Crippen LogP contribution in [-0.2, 0) is 10.0 Å². The van der Waals surface area contributed by atoms with Crippen molar-refractivity contribution < 1.29 is 12.8 Å². The van der Waals surface area contributed by atoms with Gasteiger partial charge in [-0.15, -0.1) is 0 Å². The maximum absolute atomic E-state index is 13.0. The molecule has 4 rings (SSSR count). The Morgan fingerprint density at radius 3 is 2.52 bits per heavy atom. The maximum Gasteiger partial charge on any atom is 0.240 e. The van der Waals surface area contributed by atoms with E-state index in [1.54, 1.807) is 36.4 Å². The normalized spacial score (nSPS) is 12.1. The van der Waals surface area contributed by atoms with Crippen LogP contribution in [0.15, 0.2) is 71.6 Å². The van der Waals surface area contributed by atoms with Gasteiger partial charge in [0.1, 0.15) is 11.6 Å². The lowest BCUT2D eigenvalue weighted by Crippen LogP contribution is -2.19. The lowest BCUT2D eigenvalue weighted by molar-refractivity contribution is 0.588. The molecule has 2 N–H and O–H groups in total. The first-order chi connectivity index (χ1) is 14.0.